The molecule has 1 unspecified atom stereocenters. The monoisotopic (exact) mass is 346 g/mol. The van der Waals surface area contributed by atoms with E-state index < -0.39 is 0 Å². The zero-order valence-electron chi connectivity index (χ0n) is 14.9. The molecular weight excluding hydrogens is 320 g/mol. The van der Waals surface area contributed by atoms with Crippen LogP contribution >= 0.6 is 0 Å². The molecule has 0 bridgehead atoms. The molecule has 1 aromatic heterocycles. The molecule has 3 rings (SSSR count). The molecular formula is C17H26N6O2. The van der Waals surface area contributed by atoms with Gasteiger partial charge in [-0.15, -0.1) is 0 Å². The Balaban J connectivity index is 1.58. The summed E-state index contributed by atoms with van der Waals surface area (Å²) in [4.78, 5) is 37.0. The molecule has 3 heterocycles. The Morgan fingerprint density at radius 2 is 2.08 bits per heavy atom. The standard InChI is InChI=1S/C17H26N6O2/c1-3-18-14-10-12(2)20-17(21-14)23-8-6-22(7-9-23)16(25)13-4-5-15(24)19-11-13/h10,13H,3-9,11H2,1-2H3,(H,19,24)(H,18,20,21). The smallest absolute Gasteiger partial charge is 0.227 e. The van der Waals surface area contributed by atoms with Gasteiger partial charge < -0.3 is 20.4 Å². The molecule has 8 nitrogen and oxygen atoms in total. The Kier molecular flexibility index (Phi) is 5.35. The molecule has 0 saturated carbocycles. The molecule has 1 aromatic rings. The molecule has 2 aliphatic rings. The first-order chi connectivity index (χ1) is 12.1. The van der Waals surface area contributed by atoms with Crippen molar-refractivity contribution in [3.63, 3.8) is 0 Å². The van der Waals surface area contributed by atoms with Crippen LogP contribution in [0.25, 0.3) is 0 Å². The summed E-state index contributed by atoms with van der Waals surface area (Å²) in [6, 6.07) is 1.93. The van der Waals surface area contributed by atoms with Gasteiger partial charge in [0.1, 0.15) is 5.82 Å². The number of anilines is 2. The van der Waals surface area contributed by atoms with E-state index in [9.17, 15) is 9.59 Å². The largest absolute Gasteiger partial charge is 0.370 e. The highest BCUT2D eigenvalue weighted by molar-refractivity contribution is 5.84. The normalized spacial score (nSPS) is 21.0. The minimum absolute atomic E-state index is 0.0435. The zero-order valence-corrected chi connectivity index (χ0v) is 14.9. The lowest BCUT2D eigenvalue weighted by Crippen LogP contribution is -2.53. The van der Waals surface area contributed by atoms with Gasteiger partial charge in [-0.2, -0.15) is 4.98 Å². The molecule has 0 radical (unpaired) electrons. The number of hydrogen-bond donors (Lipinski definition) is 2. The number of amides is 2. The van der Waals surface area contributed by atoms with Crippen LogP contribution in [0.4, 0.5) is 11.8 Å². The van der Waals surface area contributed by atoms with Crippen molar-refractivity contribution < 1.29 is 9.59 Å². The second-order valence-electron chi connectivity index (χ2n) is 6.58. The van der Waals surface area contributed by atoms with Gasteiger partial charge in [0.25, 0.3) is 0 Å². The average molecular weight is 346 g/mol. The fourth-order valence-electron chi connectivity index (χ4n) is 3.29. The van der Waals surface area contributed by atoms with Crippen LogP contribution in [0, 0.1) is 12.8 Å². The number of nitrogens with zero attached hydrogens (tertiary/aromatic N) is 4. The first-order valence-electron chi connectivity index (χ1n) is 8.97. The first-order valence-corrected chi connectivity index (χ1v) is 8.97. The summed E-state index contributed by atoms with van der Waals surface area (Å²) in [7, 11) is 0. The summed E-state index contributed by atoms with van der Waals surface area (Å²) in [6.45, 7) is 8.05. The summed E-state index contributed by atoms with van der Waals surface area (Å²) in [5.74, 6) is 1.66. The van der Waals surface area contributed by atoms with Crippen LogP contribution in [0.1, 0.15) is 25.5 Å². The lowest BCUT2D eigenvalue weighted by atomic mass is 9.97. The zero-order chi connectivity index (χ0) is 17.8. The Morgan fingerprint density at radius 3 is 2.72 bits per heavy atom. The fraction of sp³-hybridized carbons (Fsp3) is 0.647. The van der Waals surface area contributed by atoms with E-state index >= 15 is 0 Å². The summed E-state index contributed by atoms with van der Waals surface area (Å²) >= 11 is 0. The van der Waals surface area contributed by atoms with Gasteiger partial charge in [0, 0.05) is 57.4 Å². The Bertz CT molecular complexity index is 632. The van der Waals surface area contributed by atoms with Gasteiger partial charge in [0.2, 0.25) is 17.8 Å². The van der Waals surface area contributed by atoms with Gasteiger partial charge in [0.05, 0.1) is 5.92 Å². The number of aromatic nitrogens is 2. The van der Waals surface area contributed by atoms with Gasteiger partial charge in [0.15, 0.2) is 0 Å². The highest BCUT2D eigenvalue weighted by Gasteiger charge is 2.30. The van der Waals surface area contributed by atoms with Crippen LogP contribution in [0.5, 0.6) is 0 Å². The number of rotatable bonds is 4. The van der Waals surface area contributed by atoms with E-state index in [1.807, 2.05) is 24.8 Å². The maximum absolute atomic E-state index is 12.6. The number of aryl methyl sites for hydroxylation is 1. The number of hydrogen-bond acceptors (Lipinski definition) is 6. The SMILES string of the molecule is CCNc1cc(C)nc(N2CCN(C(=O)C3CCC(=O)NC3)CC2)n1. The molecule has 0 aliphatic carbocycles. The molecule has 2 amide bonds. The van der Waals surface area contributed by atoms with E-state index in [-0.39, 0.29) is 17.7 Å². The van der Waals surface area contributed by atoms with Crippen LogP contribution in [0.3, 0.4) is 0 Å². The summed E-state index contributed by atoms with van der Waals surface area (Å²) in [5, 5.41) is 6.01. The van der Waals surface area contributed by atoms with E-state index in [1.165, 1.54) is 0 Å². The van der Waals surface area contributed by atoms with E-state index in [4.69, 9.17) is 0 Å². The molecule has 2 saturated heterocycles. The third-order valence-electron chi connectivity index (χ3n) is 4.69. The predicted octanol–water partition coefficient (Wildman–Crippen LogP) is 0.392. The second kappa shape index (κ2) is 7.67. The molecule has 136 valence electrons. The lowest BCUT2D eigenvalue weighted by molar-refractivity contribution is -0.137. The molecule has 2 N–H and O–H groups in total. The van der Waals surface area contributed by atoms with Gasteiger partial charge in [-0.25, -0.2) is 4.98 Å². The quantitative estimate of drug-likeness (QED) is 0.820. The number of carbonyl (C=O) groups is 2. The van der Waals surface area contributed by atoms with Crippen molar-refractivity contribution in [3.8, 4) is 0 Å². The third-order valence-corrected chi connectivity index (χ3v) is 4.69. The van der Waals surface area contributed by atoms with Crippen LogP contribution in [-0.2, 0) is 9.59 Å². The fourth-order valence-corrected chi connectivity index (χ4v) is 3.29. The number of carbonyl (C=O) groups excluding carboxylic acids is 2. The molecule has 0 spiro atoms. The van der Waals surface area contributed by atoms with Crippen molar-refractivity contribution in [1.82, 2.24) is 20.2 Å². The van der Waals surface area contributed by atoms with Crippen LogP contribution in [0.2, 0.25) is 0 Å². The van der Waals surface area contributed by atoms with Gasteiger partial charge >= 0.3 is 0 Å². The van der Waals surface area contributed by atoms with E-state index in [0.717, 1.165) is 31.1 Å². The van der Waals surface area contributed by atoms with Crippen molar-refractivity contribution in [2.45, 2.75) is 26.7 Å². The molecule has 2 fully saturated rings. The minimum atomic E-state index is -0.0835. The molecule has 0 aromatic carbocycles. The van der Waals surface area contributed by atoms with E-state index in [1.54, 1.807) is 0 Å². The van der Waals surface area contributed by atoms with E-state index in [2.05, 4.69) is 25.5 Å². The minimum Gasteiger partial charge on any atom is -0.370 e. The highest BCUT2D eigenvalue weighted by Crippen LogP contribution is 2.19. The Morgan fingerprint density at radius 1 is 1.32 bits per heavy atom. The van der Waals surface area contributed by atoms with Gasteiger partial charge in [-0.1, -0.05) is 0 Å². The summed E-state index contributed by atoms with van der Waals surface area (Å²) in [5.41, 5.74) is 0.928. The van der Waals surface area contributed by atoms with Crippen molar-refractivity contribution in [3.05, 3.63) is 11.8 Å². The van der Waals surface area contributed by atoms with Gasteiger partial charge in [-0.3, -0.25) is 9.59 Å². The van der Waals surface area contributed by atoms with Crippen LogP contribution < -0.4 is 15.5 Å². The molecule has 8 heteroatoms. The van der Waals surface area contributed by atoms with E-state index in [0.29, 0.717) is 38.4 Å². The molecule has 1 atom stereocenters. The molecule has 25 heavy (non-hydrogen) atoms. The van der Waals surface area contributed by atoms with Crippen LogP contribution in [0.15, 0.2) is 6.07 Å². The van der Waals surface area contributed by atoms with Crippen molar-refractivity contribution in [1.29, 1.82) is 0 Å². The maximum Gasteiger partial charge on any atom is 0.227 e. The van der Waals surface area contributed by atoms with Crippen molar-refractivity contribution >= 4 is 23.6 Å². The number of piperidine rings is 1. The lowest BCUT2D eigenvalue weighted by Gasteiger charge is -2.37. The third kappa shape index (κ3) is 4.18. The van der Waals surface area contributed by atoms with Crippen LogP contribution in [-0.4, -0.2) is 66.0 Å². The summed E-state index contributed by atoms with van der Waals surface area (Å²) < 4.78 is 0. The summed E-state index contributed by atoms with van der Waals surface area (Å²) in [6.07, 6.45) is 1.10. The predicted molar refractivity (Wildman–Crippen MR) is 95.5 cm³/mol. The topological polar surface area (TPSA) is 90.5 Å². The average Bonchev–Trinajstić information content (AvgIpc) is 2.62. The highest BCUT2D eigenvalue weighted by atomic mass is 16.2. The number of piperazine rings is 1. The second-order valence-corrected chi connectivity index (χ2v) is 6.58. The molecule has 2 aliphatic heterocycles. The van der Waals surface area contributed by atoms with Crippen molar-refractivity contribution in [2.75, 3.05) is 49.5 Å². The first kappa shape index (κ1) is 17.4. The van der Waals surface area contributed by atoms with Gasteiger partial charge in [-0.05, 0) is 20.3 Å². The number of nitrogens with one attached hydrogen (secondary N) is 2. The Labute approximate surface area is 148 Å². The Hall–Kier alpha value is -2.38. The maximum atomic E-state index is 12.6. The van der Waals surface area contributed by atoms with Crippen molar-refractivity contribution in [2.24, 2.45) is 5.92 Å².